The van der Waals surface area contributed by atoms with E-state index in [0.29, 0.717) is 23.3 Å². The summed E-state index contributed by atoms with van der Waals surface area (Å²) in [5, 5.41) is 18.0. The molecular formula is C36H67IN8O5S. The van der Waals surface area contributed by atoms with Crippen LogP contribution in [-0.4, -0.2) is 95.3 Å². The van der Waals surface area contributed by atoms with E-state index < -0.39 is 61.0 Å². The number of hydrogen-bond donors (Lipinski definition) is 6. The number of nitrogens with one attached hydrogen (secondary N) is 2. The van der Waals surface area contributed by atoms with Gasteiger partial charge in [0.25, 0.3) is 0 Å². The molecule has 1 fully saturated rings. The topological polar surface area (TPSA) is 219 Å². The van der Waals surface area contributed by atoms with Gasteiger partial charge in [0.15, 0.2) is 5.84 Å². The van der Waals surface area contributed by atoms with Crippen LogP contribution in [0.1, 0.15) is 88.0 Å². The number of halogens is 1. The van der Waals surface area contributed by atoms with Gasteiger partial charge in [0.1, 0.15) is 6.54 Å². The summed E-state index contributed by atoms with van der Waals surface area (Å²) in [4.78, 5) is 38.3. The van der Waals surface area contributed by atoms with Gasteiger partial charge in [0.05, 0.1) is 6.54 Å². The van der Waals surface area contributed by atoms with Crippen LogP contribution in [0.2, 0.25) is 0 Å². The number of carbonyl (C=O) groups is 2. The first-order valence-corrected chi connectivity index (χ1v) is 25.4. The number of aliphatic imine (C=N–C) groups is 2. The van der Waals surface area contributed by atoms with Crippen molar-refractivity contribution in [1.29, 1.82) is 0 Å². The van der Waals surface area contributed by atoms with Gasteiger partial charge in [-0.2, -0.15) is 0 Å². The number of hydrogen-bond acceptors (Lipinski definition) is 9. The SMILES string of the molecule is C=CCN=C(N)C(=O)CN=C(N)[C@@H]1[C@@H](CC(C)C)CCN1C(O)[C@@H](NC(=O)N[C@H](CCI(C)S(=O)(=O)/C(N)=C/C=C\CC)C(C)(C)C)C(C)(C)C. The number of aliphatic hydroxyl groups excluding tert-OH is 1. The van der Waals surface area contributed by atoms with Gasteiger partial charge in [-0.05, 0) is 5.92 Å². The number of nitrogens with two attached hydrogens (primary N) is 3. The predicted octanol–water partition coefficient (Wildman–Crippen LogP) is 4.26. The second kappa shape index (κ2) is 20.7. The molecule has 0 aromatic heterocycles. The zero-order chi connectivity index (χ0) is 39.3. The standard InChI is InChI=1S/C36H67IN8O5S/c1-12-14-15-16-28(38)51(49,50)37(11)19-17-27(35(5,6)7)43-34(48)44-30(36(8,9)10)33(47)45-21-18-25(22-24(3)4)29(45)32(40)42-23-26(46)31(39)41-20-13-2/h13-16,24-25,27,29-30,33,47H,2,12,17-23,38H2,1,3-11H3,(H2,39,41)(H2,40,42)(H2,43,44,48)/b15-14-,28-16+/t25-,27-,29+,30-,33?/m1/s1. The van der Waals surface area contributed by atoms with E-state index >= 15 is 0 Å². The van der Waals surface area contributed by atoms with Crippen LogP contribution in [0.4, 0.5) is 4.79 Å². The number of Topliss-reactive ketones (excluding diaryl/α,β-unsaturated/α-hetero) is 1. The summed E-state index contributed by atoms with van der Waals surface area (Å²) in [7, 11) is -3.57. The third-order valence-electron chi connectivity index (χ3n) is 8.85. The summed E-state index contributed by atoms with van der Waals surface area (Å²) < 4.78 is 26.7. The van der Waals surface area contributed by atoms with Gasteiger partial charge in [0, 0.05) is 0 Å². The zero-order valence-electron chi connectivity index (χ0n) is 32.6. The Morgan fingerprint density at radius 2 is 1.71 bits per heavy atom. The molecule has 1 rings (SSSR count). The average molecular weight is 851 g/mol. The normalized spacial score (nSPS) is 20.7. The third-order valence-corrected chi connectivity index (χ3v) is 20.9. The zero-order valence-corrected chi connectivity index (χ0v) is 35.6. The molecule has 15 heteroatoms. The third kappa shape index (κ3) is 14.8. The van der Waals surface area contributed by atoms with Crippen molar-refractivity contribution in [3.63, 3.8) is 0 Å². The summed E-state index contributed by atoms with van der Waals surface area (Å²) in [5.41, 5.74) is 17.4. The fourth-order valence-electron chi connectivity index (χ4n) is 5.92. The van der Waals surface area contributed by atoms with Gasteiger partial charge < -0.3 is 5.73 Å². The van der Waals surface area contributed by atoms with Crippen molar-refractivity contribution in [2.75, 3.05) is 29.0 Å². The van der Waals surface area contributed by atoms with Gasteiger partial charge in [-0.3, -0.25) is 9.79 Å². The van der Waals surface area contributed by atoms with Crippen molar-refractivity contribution in [3.05, 3.63) is 35.9 Å². The maximum absolute atomic E-state index is 13.7. The van der Waals surface area contributed by atoms with E-state index in [9.17, 15) is 23.1 Å². The summed E-state index contributed by atoms with van der Waals surface area (Å²) >= 11 is -2.58. The Kier molecular flexibility index (Phi) is 18.8. The number of alkyl halides is 2. The van der Waals surface area contributed by atoms with Crippen LogP contribution in [0.5, 0.6) is 0 Å². The molecular weight excluding hydrogens is 783 g/mol. The Morgan fingerprint density at radius 3 is 2.24 bits per heavy atom. The number of urea groups is 1. The first-order chi connectivity index (χ1) is 23.5. The molecule has 0 bridgehead atoms. The van der Waals surface area contributed by atoms with Crippen LogP contribution in [0.3, 0.4) is 0 Å². The number of nitrogens with zero attached hydrogens (tertiary/aromatic N) is 3. The second-order valence-corrected chi connectivity index (χ2v) is 28.2. The quantitative estimate of drug-likeness (QED) is 0.0208. The van der Waals surface area contributed by atoms with E-state index in [1.165, 1.54) is 12.2 Å². The fraction of sp³-hybridized carbons (Fsp3) is 0.722. The molecule has 1 aliphatic heterocycles. The van der Waals surface area contributed by atoms with Crippen LogP contribution in [0.15, 0.2) is 45.9 Å². The molecule has 13 nitrogen and oxygen atoms in total. The summed E-state index contributed by atoms with van der Waals surface area (Å²) in [6.45, 7) is 22.0. The first-order valence-electron chi connectivity index (χ1n) is 17.7. The van der Waals surface area contributed by atoms with E-state index in [0.717, 1.165) is 19.3 Å². The van der Waals surface area contributed by atoms with Crippen LogP contribution < -0.4 is 27.8 Å². The van der Waals surface area contributed by atoms with Gasteiger partial charge in [-0.25, -0.2) is 0 Å². The van der Waals surface area contributed by atoms with Crippen molar-refractivity contribution in [3.8, 4) is 0 Å². The first kappa shape index (κ1) is 46.5. The number of likely N-dealkylation sites (tertiary alicyclic amines) is 1. The molecule has 1 saturated heterocycles. The van der Waals surface area contributed by atoms with Gasteiger partial charge in [-0.15, -0.1) is 6.58 Å². The fourth-order valence-corrected chi connectivity index (χ4v) is 13.6. The van der Waals surface area contributed by atoms with Crippen molar-refractivity contribution >= 4 is 48.9 Å². The van der Waals surface area contributed by atoms with Crippen LogP contribution >= 0.6 is 18.4 Å². The van der Waals surface area contributed by atoms with E-state index in [4.69, 9.17) is 17.2 Å². The van der Waals surface area contributed by atoms with E-state index in [1.807, 2.05) is 59.4 Å². The Bertz CT molecular complexity index is 1400. The van der Waals surface area contributed by atoms with Gasteiger partial charge in [0.2, 0.25) is 5.78 Å². The number of aliphatic hydroxyl groups is 1. The van der Waals surface area contributed by atoms with Crippen molar-refractivity contribution in [1.82, 2.24) is 15.5 Å². The number of rotatable bonds is 19. The molecule has 0 saturated carbocycles. The minimum atomic E-state index is -3.57. The summed E-state index contributed by atoms with van der Waals surface area (Å²) in [6.07, 6.45) is 8.17. The molecule has 2 amide bonds. The predicted molar refractivity (Wildman–Crippen MR) is 220 cm³/mol. The number of carbonyl (C=O) groups excluding carboxylic acids is 2. The van der Waals surface area contributed by atoms with Gasteiger partial charge in [-0.1, -0.05) is 19.9 Å². The molecule has 0 aromatic rings. The van der Waals surface area contributed by atoms with E-state index in [2.05, 4.69) is 41.0 Å². The maximum atomic E-state index is 13.7. The van der Waals surface area contributed by atoms with Crippen molar-refractivity contribution < 1.29 is 23.1 Å². The molecule has 0 radical (unpaired) electrons. The summed E-state index contributed by atoms with van der Waals surface area (Å²) in [5.74, 6) is 0.0410. The Hall–Kier alpha value is -2.50. The molecule has 9 N–H and O–H groups in total. The molecule has 294 valence electrons. The molecule has 1 heterocycles. The molecule has 1 aliphatic rings. The Morgan fingerprint density at radius 1 is 1.08 bits per heavy atom. The van der Waals surface area contributed by atoms with Crippen LogP contribution in [0.25, 0.3) is 0 Å². The molecule has 0 aromatic carbocycles. The second-order valence-electron chi connectivity index (χ2n) is 15.7. The minimum absolute atomic E-state index is 0.0690. The van der Waals surface area contributed by atoms with Crippen molar-refractivity contribution in [2.45, 2.75) is 112 Å². The Labute approximate surface area is 313 Å². The van der Waals surface area contributed by atoms with Crippen LogP contribution in [0, 0.1) is 22.7 Å². The molecule has 1 unspecified atom stereocenters. The Balaban J connectivity index is 3.27. The molecule has 0 spiro atoms. The van der Waals surface area contributed by atoms with E-state index in [1.54, 1.807) is 11.0 Å². The van der Waals surface area contributed by atoms with E-state index in [-0.39, 0.29) is 47.2 Å². The van der Waals surface area contributed by atoms with Gasteiger partial charge >= 0.3 is 242 Å². The summed E-state index contributed by atoms with van der Waals surface area (Å²) in [6, 6.07) is -2.02. The number of allylic oxidation sites excluding steroid dienone is 3. The molecule has 5 atom stereocenters. The number of ketones is 1. The molecule has 0 aliphatic carbocycles. The van der Waals surface area contributed by atoms with Crippen molar-refractivity contribution in [2.24, 2.45) is 49.9 Å². The number of amidine groups is 2. The molecule has 51 heavy (non-hydrogen) atoms. The number of amides is 2. The monoisotopic (exact) mass is 850 g/mol. The van der Waals surface area contributed by atoms with Crippen LogP contribution in [-0.2, 0) is 11.8 Å². The average Bonchev–Trinajstić information content (AvgIpc) is 3.44.